The van der Waals surface area contributed by atoms with Crippen LogP contribution in [0.5, 0.6) is 0 Å². The van der Waals surface area contributed by atoms with Crippen LogP contribution in [0.1, 0.15) is 53.4 Å². The van der Waals surface area contributed by atoms with Crippen LogP contribution in [0.15, 0.2) is 103 Å². The van der Waals surface area contributed by atoms with E-state index in [0.29, 0.717) is 25.1 Å². The van der Waals surface area contributed by atoms with Crippen molar-refractivity contribution in [1.29, 1.82) is 0 Å². The number of carbonyl (C=O) groups excluding carboxylic acids is 2. The van der Waals surface area contributed by atoms with E-state index in [0.717, 1.165) is 46.4 Å². The number of amides is 2. The number of hydrogen-bond donors (Lipinski definition) is 0. The summed E-state index contributed by atoms with van der Waals surface area (Å²) in [4.78, 5) is 35.6. The minimum Gasteiger partial charge on any atom is -0.368 e. The van der Waals surface area contributed by atoms with E-state index in [1.807, 2.05) is 34.1 Å². The first-order valence-corrected chi connectivity index (χ1v) is 16.5. The van der Waals surface area contributed by atoms with E-state index >= 15 is 0 Å². The minimum atomic E-state index is -0.585. The van der Waals surface area contributed by atoms with Gasteiger partial charge in [0, 0.05) is 60.9 Å². The number of aryl methyl sites for hydroxylation is 2. The molecule has 4 aromatic carbocycles. The number of para-hydroxylation sites is 2. The van der Waals surface area contributed by atoms with Gasteiger partial charge in [0.1, 0.15) is 6.04 Å². The predicted octanol–water partition coefficient (Wildman–Crippen LogP) is 7.46. The summed E-state index contributed by atoms with van der Waals surface area (Å²) >= 11 is 0. The number of rotatable bonds is 7. The summed E-state index contributed by atoms with van der Waals surface area (Å²) in [6, 6.07) is 34.4. The molecular weight excluding hydrogens is 568 g/mol. The van der Waals surface area contributed by atoms with Crippen LogP contribution in [0.25, 0.3) is 22.2 Å². The maximum atomic E-state index is 14.7. The summed E-state index contributed by atoms with van der Waals surface area (Å²) < 4.78 is 2.25. The second-order valence-corrected chi connectivity index (χ2v) is 13.2. The fraction of sp³-hybridized carbons (Fsp3) is 0.300. The average molecular weight is 611 g/mol. The number of piperazine rings is 1. The van der Waals surface area contributed by atoms with Crippen molar-refractivity contribution in [3.8, 4) is 11.3 Å². The lowest BCUT2D eigenvalue weighted by molar-refractivity contribution is -0.137. The molecule has 2 unspecified atom stereocenters. The van der Waals surface area contributed by atoms with Gasteiger partial charge in [-0.25, -0.2) is 0 Å². The van der Waals surface area contributed by atoms with Crippen molar-refractivity contribution in [3.05, 3.63) is 125 Å². The molecule has 2 aliphatic heterocycles. The zero-order valence-corrected chi connectivity index (χ0v) is 27.2. The molecule has 1 saturated heterocycles. The quantitative estimate of drug-likeness (QED) is 0.192. The number of aromatic nitrogens is 1. The molecule has 7 rings (SSSR count). The van der Waals surface area contributed by atoms with Gasteiger partial charge in [0.05, 0.1) is 11.7 Å². The smallest absolute Gasteiger partial charge is 0.255 e. The molecule has 3 heterocycles. The number of nitrogens with zero attached hydrogens (tertiary/aromatic N) is 4. The van der Waals surface area contributed by atoms with E-state index in [4.69, 9.17) is 0 Å². The molecule has 1 aromatic heterocycles. The van der Waals surface area contributed by atoms with Crippen molar-refractivity contribution < 1.29 is 9.59 Å². The van der Waals surface area contributed by atoms with Gasteiger partial charge in [-0.3, -0.25) is 9.59 Å². The molecule has 5 aromatic rings. The molecule has 1 fully saturated rings. The highest BCUT2D eigenvalue weighted by molar-refractivity contribution is 6.04. The van der Waals surface area contributed by atoms with Gasteiger partial charge in [-0.1, -0.05) is 98.3 Å². The molecule has 6 heteroatoms. The first kappa shape index (κ1) is 29.8. The van der Waals surface area contributed by atoms with E-state index in [-0.39, 0.29) is 17.7 Å². The molecule has 2 amide bonds. The lowest BCUT2D eigenvalue weighted by Gasteiger charge is -2.41. The van der Waals surface area contributed by atoms with Gasteiger partial charge in [0.15, 0.2) is 0 Å². The summed E-state index contributed by atoms with van der Waals surface area (Å²) in [7, 11) is 2.11. The second kappa shape index (κ2) is 12.2. The zero-order valence-electron chi connectivity index (χ0n) is 27.2. The van der Waals surface area contributed by atoms with E-state index < -0.39 is 12.1 Å². The molecular formula is C40H42N4O2. The van der Waals surface area contributed by atoms with Crippen molar-refractivity contribution in [3.63, 3.8) is 0 Å². The number of fused-ring (bicyclic) bond motifs is 2. The molecule has 2 atom stereocenters. The van der Waals surface area contributed by atoms with Gasteiger partial charge in [-0.15, -0.1) is 0 Å². The third-order valence-corrected chi connectivity index (χ3v) is 9.77. The summed E-state index contributed by atoms with van der Waals surface area (Å²) in [5.74, 6) is 0.204. The monoisotopic (exact) mass is 610 g/mol. The summed E-state index contributed by atoms with van der Waals surface area (Å²) in [5.41, 5.74) is 8.38. The molecule has 0 bridgehead atoms. The second-order valence-electron chi connectivity index (χ2n) is 13.2. The molecule has 0 aliphatic carbocycles. The van der Waals surface area contributed by atoms with Crippen molar-refractivity contribution in [2.75, 3.05) is 31.1 Å². The molecule has 234 valence electrons. The highest BCUT2D eigenvalue weighted by atomic mass is 16.2. The average Bonchev–Trinajstić information content (AvgIpc) is 3.54. The number of benzene rings is 4. The minimum absolute atomic E-state index is 0.0460. The maximum Gasteiger partial charge on any atom is 0.255 e. The Morgan fingerprint density at radius 1 is 0.804 bits per heavy atom. The van der Waals surface area contributed by atoms with Crippen LogP contribution in [-0.4, -0.2) is 58.4 Å². The fourth-order valence-electron chi connectivity index (χ4n) is 7.53. The first-order valence-electron chi connectivity index (χ1n) is 16.5. The van der Waals surface area contributed by atoms with E-state index in [9.17, 15) is 9.59 Å². The highest BCUT2D eigenvalue weighted by Crippen LogP contribution is 2.48. The van der Waals surface area contributed by atoms with Gasteiger partial charge in [-0.05, 0) is 54.7 Å². The van der Waals surface area contributed by atoms with Gasteiger partial charge >= 0.3 is 0 Å². The van der Waals surface area contributed by atoms with Gasteiger partial charge in [-0.2, -0.15) is 0 Å². The van der Waals surface area contributed by atoms with Crippen LogP contribution in [0.3, 0.4) is 0 Å². The molecule has 6 nitrogen and oxygen atoms in total. The van der Waals surface area contributed by atoms with Gasteiger partial charge in [0.25, 0.3) is 5.91 Å². The van der Waals surface area contributed by atoms with Crippen LogP contribution in [0, 0.1) is 12.8 Å². The Labute approximate surface area is 271 Å². The summed E-state index contributed by atoms with van der Waals surface area (Å²) in [6.07, 6.45) is 0.596. The standard InChI is InChI=1S/C40H42N4O2/c1-27(2)26-35(40(46)43-24-22-42(23-25-43)30-12-6-5-7-13-30)44-38(31-14-8-9-15-32(31)39(44)45)36-33-16-10-11-17-34(33)41(4)37(36)29-20-18-28(3)19-21-29/h5-21,27,35,38H,22-26H2,1-4H3. The van der Waals surface area contributed by atoms with Crippen LogP contribution in [-0.2, 0) is 11.8 Å². The van der Waals surface area contributed by atoms with Crippen LogP contribution >= 0.6 is 0 Å². The van der Waals surface area contributed by atoms with Crippen molar-refractivity contribution >= 4 is 28.4 Å². The number of hydrogen-bond acceptors (Lipinski definition) is 3. The lowest BCUT2D eigenvalue weighted by Crippen LogP contribution is -2.56. The summed E-state index contributed by atoms with van der Waals surface area (Å²) in [6.45, 7) is 9.18. The Kier molecular flexibility index (Phi) is 7.89. The van der Waals surface area contributed by atoms with E-state index in [1.165, 1.54) is 11.3 Å². The third kappa shape index (κ3) is 5.16. The molecule has 46 heavy (non-hydrogen) atoms. The normalized spacial score (nSPS) is 17.2. The molecule has 0 saturated carbocycles. The largest absolute Gasteiger partial charge is 0.368 e. The number of anilines is 1. The van der Waals surface area contributed by atoms with E-state index in [1.54, 1.807) is 0 Å². The topological polar surface area (TPSA) is 48.8 Å². The molecule has 0 radical (unpaired) electrons. The first-order chi connectivity index (χ1) is 22.3. The maximum absolute atomic E-state index is 14.7. The Morgan fingerprint density at radius 2 is 1.46 bits per heavy atom. The SMILES string of the molecule is Cc1ccc(-c2c(C3c4ccccc4C(=O)N3C(CC(C)C)C(=O)N3CCN(c4ccccc4)CC3)c3ccccc3n2C)cc1. The molecule has 0 spiro atoms. The highest BCUT2D eigenvalue weighted by Gasteiger charge is 2.47. The van der Waals surface area contributed by atoms with Crippen molar-refractivity contribution in [2.24, 2.45) is 13.0 Å². The lowest BCUT2D eigenvalue weighted by atomic mass is 9.91. The fourth-order valence-corrected chi connectivity index (χ4v) is 7.53. The van der Waals surface area contributed by atoms with Gasteiger partial charge < -0.3 is 19.3 Å². The third-order valence-electron chi connectivity index (χ3n) is 9.77. The van der Waals surface area contributed by atoms with Crippen LogP contribution in [0.2, 0.25) is 0 Å². The van der Waals surface area contributed by atoms with Gasteiger partial charge in [0.2, 0.25) is 5.91 Å². The van der Waals surface area contributed by atoms with E-state index in [2.05, 4.69) is 116 Å². The number of carbonyl (C=O) groups is 2. The van der Waals surface area contributed by atoms with Crippen molar-refractivity contribution in [1.82, 2.24) is 14.4 Å². The molecule has 0 N–H and O–H groups in total. The van der Waals surface area contributed by atoms with Crippen LogP contribution in [0.4, 0.5) is 5.69 Å². The molecule has 2 aliphatic rings. The van der Waals surface area contributed by atoms with Crippen molar-refractivity contribution in [2.45, 2.75) is 39.3 Å². The Hall–Kier alpha value is -4.84. The zero-order chi connectivity index (χ0) is 31.9. The Balaban J connectivity index is 1.34. The Bertz CT molecular complexity index is 1880. The van der Waals surface area contributed by atoms with Crippen LogP contribution < -0.4 is 4.90 Å². The predicted molar refractivity (Wildman–Crippen MR) is 186 cm³/mol. The Morgan fingerprint density at radius 3 is 2.17 bits per heavy atom. The summed E-state index contributed by atoms with van der Waals surface area (Å²) in [5, 5.41) is 1.10.